The van der Waals surface area contributed by atoms with Gasteiger partial charge in [0, 0.05) is 7.05 Å². The van der Waals surface area contributed by atoms with Crippen molar-refractivity contribution in [2.45, 2.75) is 25.3 Å². The largest absolute Gasteiger partial charge is 0.527 e. The minimum Gasteiger partial charge on any atom is -0.508 e. The molecule has 2 aliphatic rings. The topological polar surface area (TPSA) is 225 Å². The van der Waals surface area contributed by atoms with Gasteiger partial charge in [0.1, 0.15) is 25.3 Å². The third kappa shape index (κ3) is 4.56. The Labute approximate surface area is 190 Å². The third-order valence-corrected chi connectivity index (χ3v) is 5.93. The fourth-order valence-electron chi connectivity index (χ4n) is 3.34. The number of hydrogen-bond acceptors (Lipinski definition) is 12. The van der Waals surface area contributed by atoms with Crippen molar-refractivity contribution in [2.24, 2.45) is 0 Å². The number of nitrogens with one attached hydrogen (secondary N) is 1. The van der Waals surface area contributed by atoms with Crippen LogP contribution in [0.25, 0.3) is 11.2 Å². The van der Waals surface area contributed by atoms with Crippen LogP contribution in [0.15, 0.2) is 34.2 Å². The number of anilines is 1. The Hall–Kier alpha value is -3.59. The van der Waals surface area contributed by atoms with Crippen LogP contribution in [0.4, 0.5) is 5.95 Å². The second kappa shape index (κ2) is 8.98. The van der Waals surface area contributed by atoms with Gasteiger partial charge in [-0.2, -0.15) is 4.98 Å². The van der Waals surface area contributed by atoms with Crippen molar-refractivity contribution in [1.29, 1.82) is 0 Å². The number of amides is 1. The molecule has 0 saturated heterocycles. The molecule has 2 aromatic heterocycles. The van der Waals surface area contributed by atoms with Gasteiger partial charge < -0.3 is 34.8 Å². The van der Waals surface area contributed by atoms with Gasteiger partial charge in [0.05, 0.1) is 12.8 Å². The number of H-pyrrole nitrogens is 1. The number of ether oxygens (including phenoxy) is 2. The van der Waals surface area contributed by atoms with Crippen molar-refractivity contribution in [3.05, 3.63) is 39.7 Å². The molecule has 4 rings (SSSR count). The highest BCUT2D eigenvalue weighted by Gasteiger charge is 2.36. The summed E-state index contributed by atoms with van der Waals surface area (Å²) in [4.78, 5) is 44.4. The molecule has 1 amide bonds. The molecule has 34 heavy (non-hydrogen) atoms. The number of fused-ring (bicyclic) bond motifs is 1. The van der Waals surface area contributed by atoms with E-state index < -0.39 is 39.1 Å². The van der Waals surface area contributed by atoms with E-state index in [1.165, 1.54) is 17.9 Å². The molecule has 0 bridgehead atoms. The SMILES string of the molecule is CN(C=O)[C@H]1CC(OP(=O)(O)OCC2=C(O)C[C@H](n3cnc4c(=O)[nH]c(N)nc43)O2)=C(CO)O1. The molecule has 3 atom stereocenters. The number of aromatic nitrogens is 4. The molecule has 17 heteroatoms. The monoisotopic (exact) mass is 500 g/mol. The second-order valence-electron chi connectivity index (χ2n) is 7.31. The Morgan fingerprint density at radius 2 is 2.18 bits per heavy atom. The van der Waals surface area contributed by atoms with Gasteiger partial charge in [-0.3, -0.25) is 28.6 Å². The van der Waals surface area contributed by atoms with E-state index in [4.69, 9.17) is 24.3 Å². The summed E-state index contributed by atoms with van der Waals surface area (Å²) < 4.78 is 34.6. The maximum absolute atomic E-state index is 12.4. The molecule has 2 aromatic rings. The highest BCUT2D eigenvalue weighted by molar-refractivity contribution is 7.47. The number of nitrogen functional groups attached to an aromatic ring is 1. The fourth-order valence-corrected chi connectivity index (χ4v) is 4.13. The molecule has 0 aromatic carbocycles. The molecule has 0 radical (unpaired) electrons. The lowest BCUT2D eigenvalue weighted by Crippen LogP contribution is -2.30. The minimum absolute atomic E-state index is 0.0144. The molecular weight excluding hydrogens is 479 g/mol. The third-order valence-electron chi connectivity index (χ3n) is 5.03. The lowest BCUT2D eigenvalue weighted by Gasteiger charge is -2.19. The van der Waals surface area contributed by atoms with Gasteiger partial charge in [-0.25, -0.2) is 9.55 Å². The zero-order chi connectivity index (χ0) is 24.6. The van der Waals surface area contributed by atoms with E-state index in [9.17, 15) is 29.3 Å². The molecule has 16 nitrogen and oxygen atoms in total. The average molecular weight is 500 g/mol. The van der Waals surface area contributed by atoms with Crippen molar-refractivity contribution < 1.29 is 43.0 Å². The molecule has 0 fully saturated rings. The van der Waals surface area contributed by atoms with Crippen LogP contribution in [-0.4, -0.2) is 72.4 Å². The van der Waals surface area contributed by atoms with Crippen LogP contribution in [0, 0.1) is 0 Å². The number of nitrogens with zero attached hydrogens (tertiary/aromatic N) is 4. The number of aliphatic hydroxyl groups excluding tert-OH is 2. The first-order valence-electron chi connectivity index (χ1n) is 9.75. The quantitative estimate of drug-likeness (QED) is 0.218. The van der Waals surface area contributed by atoms with Crippen molar-refractivity contribution in [1.82, 2.24) is 24.4 Å². The van der Waals surface area contributed by atoms with E-state index in [0.29, 0.717) is 6.41 Å². The van der Waals surface area contributed by atoms with Crippen LogP contribution < -0.4 is 11.3 Å². The minimum atomic E-state index is -4.74. The maximum atomic E-state index is 12.4. The molecule has 2 aliphatic heterocycles. The summed E-state index contributed by atoms with van der Waals surface area (Å²) in [6, 6.07) is 0. The first-order chi connectivity index (χ1) is 16.1. The second-order valence-corrected chi connectivity index (χ2v) is 8.68. The number of imidazole rings is 1. The summed E-state index contributed by atoms with van der Waals surface area (Å²) in [5.74, 6) is -0.832. The normalized spacial score (nSPS) is 22.0. The number of aromatic amines is 1. The number of rotatable bonds is 9. The Balaban J connectivity index is 1.41. The Morgan fingerprint density at radius 1 is 1.41 bits per heavy atom. The lowest BCUT2D eigenvalue weighted by molar-refractivity contribution is -0.125. The van der Waals surface area contributed by atoms with E-state index in [2.05, 4.69) is 15.0 Å². The number of hydrogen-bond donors (Lipinski definition) is 5. The number of phosphoric ester groups is 1. The first-order valence-corrected chi connectivity index (χ1v) is 11.2. The molecule has 0 spiro atoms. The van der Waals surface area contributed by atoms with Crippen LogP contribution in [0.3, 0.4) is 0 Å². The Bertz CT molecular complexity index is 1290. The van der Waals surface area contributed by atoms with E-state index in [-0.39, 0.29) is 53.0 Å². The van der Waals surface area contributed by atoms with Crippen molar-refractivity contribution in [2.75, 3.05) is 26.0 Å². The van der Waals surface area contributed by atoms with E-state index in [0.717, 1.165) is 4.90 Å². The summed E-state index contributed by atoms with van der Waals surface area (Å²) in [7, 11) is -3.32. The maximum Gasteiger partial charge on any atom is 0.527 e. The molecule has 0 aliphatic carbocycles. The molecular formula is C17H21N6O10P. The lowest BCUT2D eigenvalue weighted by atomic mass is 10.3. The van der Waals surface area contributed by atoms with Crippen LogP contribution in [0.5, 0.6) is 0 Å². The summed E-state index contributed by atoms with van der Waals surface area (Å²) >= 11 is 0. The Kier molecular flexibility index (Phi) is 6.22. The summed E-state index contributed by atoms with van der Waals surface area (Å²) in [6.45, 7) is -1.27. The van der Waals surface area contributed by atoms with Gasteiger partial charge in [0.25, 0.3) is 5.56 Å². The first kappa shape index (κ1) is 23.6. The van der Waals surface area contributed by atoms with E-state index >= 15 is 0 Å². The molecule has 184 valence electrons. The summed E-state index contributed by atoms with van der Waals surface area (Å²) in [5.41, 5.74) is 5.16. The molecule has 4 heterocycles. The van der Waals surface area contributed by atoms with Gasteiger partial charge >= 0.3 is 7.82 Å². The highest BCUT2D eigenvalue weighted by Crippen LogP contribution is 2.49. The highest BCUT2D eigenvalue weighted by atomic mass is 31.2. The standard InChI is InChI=1S/C17H21N6O10P/c1-22(7-25)12-3-9(10(4-24)31-12)33-34(28,29)30-5-11-8(26)2-13(32-11)23-6-19-14-15(23)20-17(18)21-16(14)27/h6-7,12-13,24,26H,2-5H2,1H3,(H,28,29)(H3,18,20,21,27)/t12-,13-/m1/s1. The van der Waals surface area contributed by atoms with Gasteiger partial charge in [-0.15, -0.1) is 0 Å². The molecule has 6 N–H and O–H groups in total. The zero-order valence-electron chi connectivity index (χ0n) is 17.7. The van der Waals surface area contributed by atoms with E-state index in [1.807, 2.05) is 0 Å². The van der Waals surface area contributed by atoms with Crippen molar-refractivity contribution in [3.63, 3.8) is 0 Å². The van der Waals surface area contributed by atoms with Gasteiger partial charge in [0.15, 0.2) is 40.9 Å². The number of aliphatic hydroxyl groups is 2. The summed E-state index contributed by atoms with van der Waals surface area (Å²) in [5, 5.41) is 19.6. The number of carbonyl (C=O) groups excluding carboxylic acids is 1. The fraction of sp³-hybridized carbons (Fsp3) is 0.412. The number of carbonyl (C=O) groups is 1. The van der Waals surface area contributed by atoms with Crippen molar-refractivity contribution in [3.8, 4) is 0 Å². The van der Waals surface area contributed by atoms with Crippen LogP contribution >= 0.6 is 7.82 Å². The summed E-state index contributed by atoms with van der Waals surface area (Å²) in [6.07, 6.45) is -0.0754. The van der Waals surface area contributed by atoms with Crippen LogP contribution in [0.1, 0.15) is 19.1 Å². The predicted octanol–water partition coefficient (Wildman–Crippen LogP) is -0.438. The zero-order valence-corrected chi connectivity index (χ0v) is 18.5. The van der Waals surface area contributed by atoms with E-state index in [1.54, 1.807) is 0 Å². The van der Waals surface area contributed by atoms with Gasteiger partial charge in [0.2, 0.25) is 12.4 Å². The van der Waals surface area contributed by atoms with Gasteiger partial charge in [-0.1, -0.05) is 0 Å². The average Bonchev–Trinajstić information content (AvgIpc) is 3.48. The van der Waals surface area contributed by atoms with Crippen LogP contribution in [-0.2, 0) is 27.9 Å². The number of phosphoric acid groups is 1. The number of nitrogens with two attached hydrogens (primary N) is 1. The molecule has 1 unspecified atom stereocenters. The van der Waals surface area contributed by atoms with Crippen molar-refractivity contribution >= 4 is 31.3 Å². The molecule has 0 saturated carbocycles. The Morgan fingerprint density at radius 3 is 2.88 bits per heavy atom. The van der Waals surface area contributed by atoms with Crippen LogP contribution in [0.2, 0.25) is 0 Å². The van der Waals surface area contributed by atoms with Gasteiger partial charge in [-0.05, 0) is 0 Å². The smallest absolute Gasteiger partial charge is 0.508 e. The predicted molar refractivity (Wildman–Crippen MR) is 111 cm³/mol.